The Bertz CT molecular complexity index is 491. The molecule has 19 heavy (non-hydrogen) atoms. The van der Waals surface area contributed by atoms with Crippen molar-refractivity contribution in [1.82, 2.24) is 14.9 Å². The van der Waals surface area contributed by atoms with Crippen LogP contribution >= 0.6 is 0 Å². The Morgan fingerprint density at radius 2 is 2.16 bits per heavy atom. The molecule has 1 aliphatic heterocycles. The molecule has 100 valence electrons. The molecule has 1 aromatic heterocycles. The average molecular weight is 261 g/mol. The molecule has 0 saturated carbocycles. The first-order valence-corrected chi connectivity index (χ1v) is 6.11. The molecule has 0 unspecified atom stereocenters. The van der Waals surface area contributed by atoms with Gasteiger partial charge in [-0.05, 0) is 6.07 Å². The fourth-order valence-corrected chi connectivity index (χ4v) is 1.99. The van der Waals surface area contributed by atoms with E-state index < -0.39 is 5.97 Å². The average Bonchev–Trinajstić information content (AvgIpc) is 2.45. The molecular weight excluding hydrogens is 246 g/mol. The highest BCUT2D eigenvalue weighted by molar-refractivity contribution is 5.66. The van der Waals surface area contributed by atoms with Crippen molar-refractivity contribution in [2.24, 2.45) is 0 Å². The number of nitrogens with zero attached hydrogens (tertiary/aromatic N) is 5. The number of aliphatic carboxylic acids is 1. The minimum absolute atomic E-state index is 0.167. The van der Waals surface area contributed by atoms with Gasteiger partial charge in [-0.2, -0.15) is 5.26 Å². The first kappa shape index (κ1) is 13.2. The van der Waals surface area contributed by atoms with Gasteiger partial charge in [0, 0.05) is 38.9 Å². The minimum Gasteiger partial charge on any atom is -0.481 e. The highest BCUT2D eigenvalue weighted by Gasteiger charge is 2.19. The number of carboxylic acid groups (broad SMARTS) is 1. The number of hydrogen-bond donors (Lipinski definition) is 1. The molecule has 0 atom stereocenters. The van der Waals surface area contributed by atoms with Crippen LogP contribution in [0.25, 0.3) is 0 Å². The monoisotopic (exact) mass is 261 g/mol. The van der Waals surface area contributed by atoms with Crippen LogP contribution in [0.1, 0.15) is 12.1 Å². The van der Waals surface area contributed by atoms with Crippen molar-refractivity contribution in [3.63, 3.8) is 0 Å². The van der Waals surface area contributed by atoms with Crippen LogP contribution < -0.4 is 4.90 Å². The fraction of sp³-hybridized carbons (Fsp3) is 0.500. The first-order valence-electron chi connectivity index (χ1n) is 6.11. The molecule has 0 aliphatic carbocycles. The number of piperazine rings is 1. The maximum absolute atomic E-state index is 10.5. The van der Waals surface area contributed by atoms with Crippen LogP contribution in [0.15, 0.2) is 12.3 Å². The summed E-state index contributed by atoms with van der Waals surface area (Å²) >= 11 is 0. The van der Waals surface area contributed by atoms with Crippen LogP contribution in [0.4, 0.5) is 5.95 Å². The normalized spacial score (nSPS) is 16.1. The van der Waals surface area contributed by atoms with Crippen molar-refractivity contribution in [2.45, 2.75) is 6.42 Å². The summed E-state index contributed by atoms with van der Waals surface area (Å²) in [6.45, 7) is 3.63. The lowest BCUT2D eigenvalue weighted by atomic mass is 10.3. The Balaban J connectivity index is 1.89. The molecule has 7 nitrogen and oxygen atoms in total. The van der Waals surface area contributed by atoms with Gasteiger partial charge in [0.25, 0.3) is 0 Å². The number of nitriles is 1. The zero-order chi connectivity index (χ0) is 13.7. The highest BCUT2D eigenvalue weighted by atomic mass is 16.4. The Morgan fingerprint density at radius 3 is 2.79 bits per heavy atom. The smallest absolute Gasteiger partial charge is 0.304 e. The molecular formula is C12H15N5O2. The third-order valence-electron chi connectivity index (χ3n) is 3.05. The van der Waals surface area contributed by atoms with E-state index in [1.165, 1.54) is 0 Å². The summed E-state index contributed by atoms with van der Waals surface area (Å²) in [6.07, 6.45) is 1.75. The predicted molar refractivity (Wildman–Crippen MR) is 67.7 cm³/mol. The molecule has 2 heterocycles. The molecule has 1 saturated heterocycles. The maximum Gasteiger partial charge on any atom is 0.304 e. The van der Waals surface area contributed by atoms with E-state index in [0.29, 0.717) is 18.2 Å². The van der Waals surface area contributed by atoms with E-state index in [9.17, 15) is 4.79 Å². The quantitative estimate of drug-likeness (QED) is 0.811. The molecule has 0 bridgehead atoms. The molecule has 0 aromatic carbocycles. The van der Waals surface area contributed by atoms with E-state index in [2.05, 4.69) is 14.9 Å². The summed E-state index contributed by atoms with van der Waals surface area (Å²) in [4.78, 5) is 22.9. The Morgan fingerprint density at radius 1 is 1.42 bits per heavy atom. The van der Waals surface area contributed by atoms with Gasteiger partial charge in [-0.15, -0.1) is 0 Å². The summed E-state index contributed by atoms with van der Waals surface area (Å²) < 4.78 is 0. The van der Waals surface area contributed by atoms with Gasteiger partial charge in [-0.1, -0.05) is 0 Å². The van der Waals surface area contributed by atoms with Crippen LogP contribution in [-0.4, -0.2) is 58.7 Å². The molecule has 1 fully saturated rings. The molecule has 2 rings (SSSR count). The fourth-order valence-electron chi connectivity index (χ4n) is 1.99. The van der Waals surface area contributed by atoms with Gasteiger partial charge in [0.2, 0.25) is 5.95 Å². The summed E-state index contributed by atoms with van der Waals surface area (Å²) in [5.74, 6) is -0.204. The molecule has 0 amide bonds. The number of carbonyl (C=O) groups is 1. The third kappa shape index (κ3) is 3.63. The highest BCUT2D eigenvalue weighted by Crippen LogP contribution is 2.11. The molecule has 1 N–H and O–H groups in total. The van der Waals surface area contributed by atoms with Crippen LogP contribution in [-0.2, 0) is 4.79 Å². The van der Waals surface area contributed by atoms with Gasteiger partial charge in [0.1, 0.15) is 11.8 Å². The number of rotatable bonds is 4. The summed E-state index contributed by atoms with van der Waals surface area (Å²) in [5.41, 5.74) is 0.360. The van der Waals surface area contributed by atoms with E-state index in [4.69, 9.17) is 10.4 Å². The Hall–Kier alpha value is -2.20. The summed E-state index contributed by atoms with van der Waals surface area (Å²) in [7, 11) is 0. The van der Waals surface area contributed by atoms with Gasteiger partial charge in [-0.3, -0.25) is 9.69 Å². The summed E-state index contributed by atoms with van der Waals surface area (Å²) in [5, 5.41) is 17.4. The second-order valence-corrected chi connectivity index (χ2v) is 4.33. The van der Waals surface area contributed by atoms with Gasteiger partial charge in [0.05, 0.1) is 6.42 Å². The molecule has 1 aromatic rings. The standard InChI is InChI=1S/C12H15N5O2/c13-9-10-1-3-14-12(15-10)17-7-5-16(6-8-17)4-2-11(18)19/h1,3H,2,4-8H2,(H,18,19). The van der Waals surface area contributed by atoms with Crippen LogP contribution in [0.5, 0.6) is 0 Å². The molecule has 7 heteroatoms. The number of aromatic nitrogens is 2. The predicted octanol–water partition coefficient (Wildman–Crippen LogP) is -0.0550. The molecule has 0 radical (unpaired) electrons. The van der Waals surface area contributed by atoms with Crippen molar-refractivity contribution < 1.29 is 9.90 Å². The van der Waals surface area contributed by atoms with E-state index in [-0.39, 0.29) is 6.42 Å². The Kier molecular flexibility index (Phi) is 4.26. The lowest BCUT2D eigenvalue weighted by molar-refractivity contribution is -0.137. The zero-order valence-electron chi connectivity index (χ0n) is 10.5. The van der Waals surface area contributed by atoms with Gasteiger partial charge < -0.3 is 10.0 Å². The van der Waals surface area contributed by atoms with Gasteiger partial charge in [-0.25, -0.2) is 9.97 Å². The van der Waals surface area contributed by atoms with Gasteiger partial charge >= 0.3 is 5.97 Å². The number of carboxylic acids is 1. The number of hydrogen-bond acceptors (Lipinski definition) is 6. The van der Waals surface area contributed by atoms with E-state index in [1.54, 1.807) is 12.3 Å². The molecule has 1 aliphatic rings. The zero-order valence-corrected chi connectivity index (χ0v) is 10.5. The van der Waals surface area contributed by atoms with Crippen LogP contribution in [0.3, 0.4) is 0 Å². The SMILES string of the molecule is N#Cc1ccnc(N2CCN(CCC(=O)O)CC2)n1. The van der Waals surface area contributed by atoms with E-state index in [0.717, 1.165) is 26.2 Å². The second-order valence-electron chi connectivity index (χ2n) is 4.33. The van der Waals surface area contributed by atoms with E-state index >= 15 is 0 Å². The maximum atomic E-state index is 10.5. The van der Waals surface area contributed by atoms with Crippen molar-refractivity contribution in [3.8, 4) is 6.07 Å². The second kappa shape index (κ2) is 6.11. The lowest BCUT2D eigenvalue weighted by Crippen LogP contribution is -2.47. The topological polar surface area (TPSA) is 93.4 Å². The van der Waals surface area contributed by atoms with Crippen LogP contribution in [0, 0.1) is 11.3 Å². The largest absolute Gasteiger partial charge is 0.481 e. The van der Waals surface area contributed by atoms with Crippen molar-refractivity contribution in [2.75, 3.05) is 37.6 Å². The van der Waals surface area contributed by atoms with Crippen molar-refractivity contribution >= 4 is 11.9 Å². The minimum atomic E-state index is -0.771. The first-order chi connectivity index (χ1) is 9.19. The van der Waals surface area contributed by atoms with E-state index in [1.807, 2.05) is 11.0 Å². The van der Waals surface area contributed by atoms with Gasteiger partial charge in [0.15, 0.2) is 0 Å². The number of anilines is 1. The summed E-state index contributed by atoms with van der Waals surface area (Å²) in [6, 6.07) is 3.57. The van der Waals surface area contributed by atoms with Crippen molar-refractivity contribution in [1.29, 1.82) is 5.26 Å². The third-order valence-corrected chi connectivity index (χ3v) is 3.05. The molecule has 0 spiro atoms. The van der Waals surface area contributed by atoms with Crippen LogP contribution in [0.2, 0.25) is 0 Å². The van der Waals surface area contributed by atoms with Crippen molar-refractivity contribution in [3.05, 3.63) is 18.0 Å². The lowest BCUT2D eigenvalue weighted by Gasteiger charge is -2.34. The Labute approximate surface area is 111 Å².